The zero-order valence-electron chi connectivity index (χ0n) is 12.3. The first-order chi connectivity index (χ1) is 11.3. The van der Waals surface area contributed by atoms with Crippen LogP contribution in [0.1, 0.15) is 5.56 Å². The summed E-state index contributed by atoms with van der Waals surface area (Å²) in [5, 5.41) is 9.00. The van der Waals surface area contributed by atoms with E-state index in [1.54, 1.807) is 0 Å². The number of nitrogens with zero attached hydrogens (tertiary/aromatic N) is 2. The van der Waals surface area contributed by atoms with Gasteiger partial charge in [-0.05, 0) is 0 Å². The van der Waals surface area contributed by atoms with Gasteiger partial charge in [-0.2, -0.15) is 0 Å². The van der Waals surface area contributed by atoms with Crippen LogP contribution >= 0.6 is 0 Å². The Bertz CT molecular complexity index is 813. The molecule has 3 aromatic rings. The average molecular weight is 490 g/mol. The third kappa shape index (κ3) is 3.48. The molecule has 0 saturated carbocycles. The van der Waals surface area contributed by atoms with Gasteiger partial charge in [0.25, 0.3) is 0 Å². The average Bonchev–Trinajstić information content (AvgIpc) is 2.64. The van der Waals surface area contributed by atoms with Crippen LogP contribution in [0.25, 0.3) is 4.85 Å². The summed E-state index contributed by atoms with van der Waals surface area (Å²) in [6.07, 6.45) is 0. The van der Waals surface area contributed by atoms with E-state index in [9.17, 15) is 0 Å². The molecule has 0 saturated heterocycles. The molecule has 0 aliphatic rings. The summed E-state index contributed by atoms with van der Waals surface area (Å²) in [7, 11) is 0. The monoisotopic (exact) mass is 490 g/mol. The maximum atomic E-state index is 9.00. The molecule has 2 nitrogen and oxygen atoms in total. The van der Waals surface area contributed by atoms with Crippen molar-refractivity contribution in [2.45, 2.75) is 0 Å². The van der Waals surface area contributed by atoms with Crippen LogP contribution in [-0.2, 0) is 0 Å². The molecule has 0 aliphatic heterocycles. The van der Waals surface area contributed by atoms with Gasteiger partial charge in [0.05, 0.1) is 0 Å². The van der Waals surface area contributed by atoms with Crippen molar-refractivity contribution in [2.24, 2.45) is 0 Å². The van der Waals surface area contributed by atoms with E-state index in [-0.39, 0.29) is 0 Å². The van der Waals surface area contributed by atoms with Crippen molar-refractivity contribution in [1.29, 1.82) is 5.26 Å². The van der Waals surface area contributed by atoms with Crippen LogP contribution in [0.4, 0.5) is 5.69 Å². The van der Waals surface area contributed by atoms with Gasteiger partial charge < -0.3 is 0 Å². The van der Waals surface area contributed by atoms with Gasteiger partial charge in [0.15, 0.2) is 0 Å². The third-order valence-electron chi connectivity index (χ3n) is 3.51. The number of hydrogen-bond donors (Lipinski definition) is 0. The van der Waals surface area contributed by atoms with Gasteiger partial charge in [-0.15, -0.1) is 0 Å². The Morgan fingerprint density at radius 1 is 0.739 bits per heavy atom. The molecule has 0 aliphatic carbocycles. The molecule has 0 fully saturated rings. The zero-order chi connectivity index (χ0) is 16.1. The first kappa shape index (κ1) is 15.4. The normalized spacial score (nSPS) is 10.0. The predicted octanol–water partition coefficient (Wildman–Crippen LogP) is 2.63. The minimum atomic E-state index is -2.36. The van der Waals surface area contributed by atoms with Crippen molar-refractivity contribution >= 4 is 37.3 Å². The molecular weight excluding hydrogens is 477 g/mol. The van der Waals surface area contributed by atoms with Crippen LogP contribution < -0.4 is 9.81 Å². The molecule has 0 unspecified atom stereocenters. The minimum absolute atomic E-state index is 0.672. The third-order valence-corrected chi connectivity index (χ3v) is 13.0. The second-order valence-electron chi connectivity index (χ2n) is 4.96. The van der Waals surface area contributed by atoms with Crippen LogP contribution in [-0.4, -0.2) is 21.8 Å². The van der Waals surface area contributed by atoms with Crippen molar-refractivity contribution in [1.82, 2.24) is 0 Å². The molecular formula is C20H13BiN2. The second kappa shape index (κ2) is 7.19. The van der Waals surface area contributed by atoms with Gasteiger partial charge in [-0.3, -0.25) is 0 Å². The molecule has 0 bridgehead atoms. The van der Waals surface area contributed by atoms with Crippen molar-refractivity contribution in [3.05, 3.63) is 95.8 Å². The van der Waals surface area contributed by atoms with E-state index in [1.165, 1.54) is 9.81 Å². The molecule has 3 rings (SSSR count). The van der Waals surface area contributed by atoms with Crippen molar-refractivity contribution < 1.29 is 0 Å². The van der Waals surface area contributed by atoms with E-state index < -0.39 is 21.8 Å². The van der Waals surface area contributed by atoms with Gasteiger partial charge >= 0.3 is 144 Å². The Hall–Kier alpha value is -2.48. The van der Waals surface area contributed by atoms with Crippen molar-refractivity contribution in [3.63, 3.8) is 0 Å². The summed E-state index contributed by atoms with van der Waals surface area (Å²) in [6.45, 7) is 7.11. The van der Waals surface area contributed by atoms with Crippen molar-refractivity contribution in [3.8, 4) is 6.07 Å². The molecule has 3 heteroatoms. The van der Waals surface area contributed by atoms with Gasteiger partial charge in [-0.25, -0.2) is 0 Å². The summed E-state index contributed by atoms with van der Waals surface area (Å²) in [4.78, 5) is 3.48. The second-order valence-corrected chi connectivity index (χ2v) is 13.6. The van der Waals surface area contributed by atoms with Crippen LogP contribution in [0.15, 0.2) is 78.9 Å². The molecule has 3 aromatic carbocycles. The SMILES string of the molecule is [C-]#[N+]c1cc[c]([Bi]([c]2ccccc2)[c]2ccc(C#N)cc2)cc1. The number of nitriles is 1. The Morgan fingerprint density at radius 2 is 1.26 bits per heavy atom. The van der Waals surface area contributed by atoms with Crippen molar-refractivity contribution in [2.75, 3.05) is 0 Å². The standard InChI is InChI=1S/2C7H4N.C6H5.Bi/c1-8-7-5-3-2-4-6-7;8-6-7-4-2-1-3-5-7;1-2-4-6-5-3-1;/h3-6H;2-5H;1-5H;. The predicted molar refractivity (Wildman–Crippen MR) is 95.0 cm³/mol. The van der Waals surface area contributed by atoms with Crippen LogP contribution in [0.3, 0.4) is 0 Å². The Morgan fingerprint density at radius 3 is 1.78 bits per heavy atom. The number of hydrogen-bond acceptors (Lipinski definition) is 1. The summed E-state index contributed by atoms with van der Waals surface area (Å²) >= 11 is -2.36. The molecule has 0 N–H and O–H groups in total. The van der Waals surface area contributed by atoms with Gasteiger partial charge in [-0.1, -0.05) is 0 Å². The van der Waals surface area contributed by atoms with Gasteiger partial charge in [0.1, 0.15) is 0 Å². The van der Waals surface area contributed by atoms with E-state index >= 15 is 0 Å². The van der Waals surface area contributed by atoms with Gasteiger partial charge in [0, 0.05) is 0 Å². The summed E-state index contributed by atoms with van der Waals surface area (Å²) in [6, 6.07) is 28.7. The molecule has 0 heterocycles. The fourth-order valence-electron chi connectivity index (χ4n) is 2.39. The van der Waals surface area contributed by atoms with Gasteiger partial charge in [0.2, 0.25) is 0 Å². The molecule has 0 spiro atoms. The quantitative estimate of drug-likeness (QED) is 0.410. The van der Waals surface area contributed by atoms with Crippen LogP contribution in [0.5, 0.6) is 0 Å². The Balaban J connectivity index is 2.09. The summed E-state index contributed by atoms with van der Waals surface area (Å²) < 4.78 is 4.06. The fourth-order valence-corrected chi connectivity index (χ4v) is 11.2. The number of rotatable bonds is 3. The molecule has 0 amide bonds. The molecule has 0 radical (unpaired) electrons. The van der Waals surface area contributed by atoms with E-state index in [0.29, 0.717) is 11.3 Å². The summed E-state index contributed by atoms with van der Waals surface area (Å²) in [5.41, 5.74) is 1.36. The zero-order valence-corrected chi connectivity index (χ0v) is 15.8. The first-order valence-electron chi connectivity index (χ1n) is 7.15. The van der Waals surface area contributed by atoms with E-state index in [4.69, 9.17) is 11.8 Å². The molecule has 108 valence electrons. The number of benzene rings is 3. The molecule has 0 aromatic heterocycles. The molecule has 23 heavy (non-hydrogen) atoms. The van der Waals surface area contributed by atoms with E-state index in [1.807, 2.05) is 30.3 Å². The maximum absolute atomic E-state index is 9.00. The first-order valence-corrected chi connectivity index (χ1v) is 12.4. The topological polar surface area (TPSA) is 28.1 Å². The van der Waals surface area contributed by atoms with Crippen LogP contribution in [0, 0.1) is 17.9 Å². The molecule has 0 atom stereocenters. The summed E-state index contributed by atoms with van der Waals surface area (Å²) in [5.74, 6) is 0. The Kier molecular flexibility index (Phi) is 4.82. The van der Waals surface area contributed by atoms with E-state index in [0.717, 1.165) is 0 Å². The Labute approximate surface area is 144 Å². The van der Waals surface area contributed by atoms with E-state index in [2.05, 4.69) is 59.4 Å². The van der Waals surface area contributed by atoms with Crippen LogP contribution in [0.2, 0.25) is 0 Å². The fraction of sp³-hybridized carbons (Fsp3) is 0.